The molecule has 1 unspecified atom stereocenters. The van der Waals surface area contributed by atoms with Gasteiger partial charge in [0, 0.05) is 6.54 Å². The molecule has 4 rings (SSSR count). The molecule has 1 N–H and O–H groups in total. The van der Waals surface area contributed by atoms with Gasteiger partial charge in [0.2, 0.25) is 0 Å². The first-order valence-electron chi connectivity index (χ1n) is 15.2. The summed E-state index contributed by atoms with van der Waals surface area (Å²) in [5.41, 5.74) is 2.35. The van der Waals surface area contributed by atoms with Crippen molar-refractivity contribution in [3.63, 3.8) is 0 Å². The Balaban J connectivity index is 1.53. The maximum absolute atomic E-state index is 13.4. The minimum absolute atomic E-state index is 0.0543. The van der Waals surface area contributed by atoms with Crippen molar-refractivity contribution in [2.45, 2.75) is 58.0 Å². The molecule has 0 saturated heterocycles. The lowest BCUT2D eigenvalue weighted by Crippen LogP contribution is -2.52. The second kappa shape index (κ2) is 15.4. The number of amides is 1. The highest BCUT2D eigenvalue weighted by Crippen LogP contribution is 2.39. The molecule has 1 atom stereocenters. The van der Waals surface area contributed by atoms with Gasteiger partial charge in [-0.05, 0) is 65.5 Å². The number of para-hydroxylation sites is 1. The van der Waals surface area contributed by atoms with Crippen LogP contribution in [-0.2, 0) is 20.6 Å². The Morgan fingerprint density at radius 3 is 2.15 bits per heavy atom. The number of benzene rings is 3. The lowest BCUT2D eigenvalue weighted by molar-refractivity contribution is -0.133. The van der Waals surface area contributed by atoms with Crippen molar-refractivity contribution in [3.05, 3.63) is 99.5 Å². The fraction of sp³-hybridized carbons (Fsp3) is 0.371. The summed E-state index contributed by atoms with van der Waals surface area (Å²) in [5, 5.41) is 11.3. The summed E-state index contributed by atoms with van der Waals surface area (Å²) in [5.74, 6) is -0.106. The van der Waals surface area contributed by atoms with E-state index in [9.17, 15) is 14.7 Å². The third-order valence-electron chi connectivity index (χ3n) is 8.44. The molecule has 1 amide bonds. The summed E-state index contributed by atoms with van der Waals surface area (Å²) in [7, 11) is -2.28. The number of carbonyl (C=O) groups excluding carboxylic acids is 1. The van der Waals surface area contributed by atoms with Crippen molar-refractivity contribution in [3.8, 4) is 11.5 Å². The molecule has 46 heavy (non-hydrogen) atoms. The number of carbonyl (C=O) groups is 2. The van der Waals surface area contributed by atoms with Crippen LogP contribution in [-0.4, -0.2) is 62.8 Å². The monoisotopic (exact) mass is 685 g/mol. The van der Waals surface area contributed by atoms with Crippen molar-refractivity contribution in [2.24, 2.45) is 0 Å². The minimum Gasteiger partial charge on any atom is -0.490 e. The number of aliphatic carboxylic acids is 1. The van der Waals surface area contributed by atoms with Crippen LogP contribution in [0.3, 0.4) is 0 Å². The molecule has 3 aromatic carbocycles. The van der Waals surface area contributed by atoms with Gasteiger partial charge < -0.3 is 23.7 Å². The van der Waals surface area contributed by atoms with Gasteiger partial charge >= 0.3 is 12.1 Å². The Morgan fingerprint density at radius 1 is 0.913 bits per heavy atom. The molecular weight excluding hydrogens is 645 g/mol. The Morgan fingerprint density at radius 2 is 1.54 bits per heavy atom. The summed E-state index contributed by atoms with van der Waals surface area (Å²) >= 11 is 12.3. The van der Waals surface area contributed by atoms with Gasteiger partial charge in [-0.15, -0.1) is 0 Å². The van der Waals surface area contributed by atoms with Gasteiger partial charge in [-0.1, -0.05) is 92.5 Å². The van der Waals surface area contributed by atoms with E-state index < -0.39 is 26.4 Å². The van der Waals surface area contributed by atoms with Crippen LogP contribution in [0, 0.1) is 0 Å². The zero-order valence-corrected chi connectivity index (χ0v) is 29.4. The number of carboxylic acids is 1. The van der Waals surface area contributed by atoms with E-state index in [2.05, 4.69) is 33.9 Å². The lowest BCUT2D eigenvalue weighted by atomic mass is 9.88. The molecule has 0 radical (unpaired) electrons. The van der Waals surface area contributed by atoms with Crippen molar-refractivity contribution < 1.29 is 33.3 Å². The fourth-order valence-corrected chi connectivity index (χ4v) is 6.34. The van der Waals surface area contributed by atoms with E-state index >= 15 is 0 Å². The van der Waals surface area contributed by atoms with E-state index in [1.54, 1.807) is 30.3 Å². The fourth-order valence-electron chi connectivity index (χ4n) is 4.82. The first kappa shape index (κ1) is 35.4. The van der Waals surface area contributed by atoms with Crippen LogP contribution < -0.4 is 9.47 Å². The maximum Gasteiger partial charge on any atom is 0.410 e. The smallest absolute Gasteiger partial charge is 0.410 e. The van der Waals surface area contributed by atoms with Crippen molar-refractivity contribution in [1.29, 1.82) is 0 Å². The van der Waals surface area contributed by atoms with E-state index in [4.69, 9.17) is 41.8 Å². The van der Waals surface area contributed by atoms with Gasteiger partial charge in [-0.25, -0.2) is 9.59 Å². The van der Waals surface area contributed by atoms with E-state index in [0.717, 1.165) is 11.1 Å². The van der Waals surface area contributed by atoms with Gasteiger partial charge in [0.1, 0.15) is 25.6 Å². The SMILES string of the molecule is CC(C)(C)[Si](C)(C)OCC1C(C(=O)O)=C(c2ccc(OCCOc3c(Cl)cccc3Cl)cc2)CCN1C(=O)OCc1ccccc1. The summed E-state index contributed by atoms with van der Waals surface area (Å²) in [6.45, 7) is 11.5. The Hall–Kier alpha value is -3.50. The second-order valence-corrected chi connectivity index (χ2v) is 18.2. The van der Waals surface area contributed by atoms with Gasteiger partial charge in [0.15, 0.2) is 14.1 Å². The maximum atomic E-state index is 13.4. The molecule has 1 heterocycles. The average Bonchev–Trinajstić information content (AvgIpc) is 3.01. The molecule has 0 saturated carbocycles. The third-order valence-corrected chi connectivity index (χ3v) is 13.5. The van der Waals surface area contributed by atoms with Crippen molar-refractivity contribution in [2.75, 3.05) is 26.4 Å². The number of hydrogen-bond acceptors (Lipinski definition) is 6. The largest absolute Gasteiger partial charge is 0.490 e. The molecule has 1 aliphatic heterocycles. The number of carboxylic acid groups (broad SMARTS) is 1. The molecule has 0 aromatic heterocycles. The number of nitrogens with zero attached hydrogens (tertiary/aromatic N) is 1. The van der Waals surface area contributed by atoms with E-state index in [1.807, 2.05) is 42.5 Å². The summed E-state index contributed by atoms with van der Waals surface area (Å²) in [6, 6.07) is 20.9. The molecule has 0 aliphatic carbocycles. The van der Waals surface area contributed by atoms with Crippen LogP contribution in [0.5, 0.6) is 11.5 Å². The zero-order chi connectivity index (χ0) is 33.5. The number of rotatable bonds is 12. The first-order valence-corrected chi connectivity index (χ1v) is 18.8. The van der Waals surface area contributed by atoms with E-state index in [1.165, 1.54) is 4.90 Å². The lowest BCUT2D eigenvalue weighted by Gasteiger charge is -2.41. The average molecular weight is 687 g/mol. The van der Waals surface area contributed by atoms with Crippen molar-refractivity contribution >= 4 is 49.2 Å². The van der Waals surface area contributed by atoms with Gasteiger partial charge in [-0.3, -0.25) is 4.90 Å². The molecule has 1 aliphatic rings. The van der Waals surface area contributed by atoms with E-state index in [-0.39, 0.29) is 43.6 Å². The highest BCUT2D eigenvalue weighted by molar-refractivity contribution is 6.74. The van der Waals surface area contributed by atoms with E-state index in [0.29, 0.717) is 33.5 Å². The number of ether oxygens (including phenoxy) is 3. The van der Waals surface area contributed by atoms with Crippen LogP contribution in [0.15, 0.2) is 78.4 Å². The van der Waals surface area contributed by atoms with Gasteiger partial charge in [0.05, 0.1) is 28.3 Å². The molecule has 8 nitrogen and oxygen atoms in total. The van der Waals surface area contributed by atoms with Crippen LogP contribution >= 0.6 is 23.2 Å². The van der Waals surface area contributed by atoms with Crippen LogP contribution in [0.1, 0.15) is 38.3 Å². The van der Waals surface area contributed by atoms with Crippen LogP contribution in [0.2, 0.25) is 28.2 Å². The summed E-state index contributed by atoms with van der Waals surface area (Å²) in [4.78, 5) is 27.8. The summed E-state index contributed by atoms with van der Waals surface area (Å²) < 4.78 is 23.7. The molecule has 0 spiro atoms. The molecule has 11 heteroatoms. The van der Waals surface area contributed by atoms with Gasteiger partial charge in [-0.2, -0.15) is 0 Å². The predicted molar refractivity (Wildman–Crippen MR) is 183 cm³/mol. The molecular formula is C35H41Cl2NO7Si. The zero-order valence-electron chi connectivity index (χ0n) is 26.8. The minimum atomic E-state index is -2.28. The number of hydrogen-bond donors (Lipinski definition) is 1. The molecule has 0 bridgehead atoms. The molecule has 0 fully saturated rings. The third kappa shape index (κ3) is 8.85. The highest BCUT2D eigenvalue weighted by atomic mass is 35.5. The Bertz CT molecular complexity index is 1520. The highest BCUT2D eigenvalue weighted by Gasteiger charge is 2.42. The summed E-state index contributed by atoms with van der Waals surface area (Å²) in [6.07, 6.45) is -0.236. The van der Waals surface area contributed by atoms with Crippen LogP contribution in [0.4, 0.5) is 4.79 Å². The predicted octanol–water partition coefficient (Wildman–Crippen LogP) is 8.72. The Kier molecular flexibility index (Phi) is 11.8. The van der Waals surface area contributed by atoms with Gasteiger partial charge in [0.25, 0.3) is 0 Å². The standard InChI is InChI=1S/C35H41Cl2NO7Si/c1-35(2,3)46(4,5)45-23-30-31(33(39)40)27(18-19-38(30)34(41)44-22-24-10-7-6-8-11-24)25-14-16-26(17-15-25)42-20-21-43-32-28(36)12-9-13-29(32)37/h6-17,30H,18-23H2,1-5H3,(H,39,40). The Labute approximate surface area is 281 Å². The quantitative estimate of drug-likeness (QED) is 0.150. The topological polar surface area (TPSA) is 94.5 Å². The van der Waals surface area contributed by atoms with Crippen molar-refractivity contribution in [1.82, 2.24) is 4.90 Å². The number of halogens is 2. The van der Waals surface area contributed by atoms with Crippen LogP contribution in [0.25, 0.3) is 5.57 Å². The first-order chi connectivity index (χ1) is 21.8. The molecule has 246 valence electrons. The second-order valence-electron chi connectivity index (χ2n) is 12.5. The molecule has 3 aromatic rings. The normalized spacial score (nSPS) is 15.5.